The zero-order valence-corrected chi connectivity index (χ0v) is 19.7. The first-order chi connectivity index (χ1) is 16.0. The summed E-state index contributed by atoms with van der Waals surface area (Å²) in [5, 5.41) is 16.7. The summed E-state index contributed by atoms with van der Waals surface area (Å²) in [4.78, 5) is 19.5. The molecule has 174 valence electrons. The summed E-state index contributed by atoms with van der Waals surface area (Å²) in [6, 6.07) is 18.8. The van der Waals surface area contributed by atoms with Gasteiger partial charge in [-0.05, 0) is 68.8 Å². The average Bonchev–Trinajstić information content (AvgIpc) is 2.81. The second-order valence-corrected chi connectivity index (χ2v) is 8.24. The van der Waals surface area contributed by atoms with Crippen LogP contribution >= 0.6 is 0 Å². The average molecular weight is 447 g/mol. The molecular formula is C27H34N4O2. The number of amides is 1. The van der Waals surface area contributed by atoms with E-state index in [9.17, 15) is 9.90 Å². The summed E-state index contributed by atoms with van der Waals surface area (Å²) < 4.78 is 0. The van der Waals surface area contributed by atoms with E-state index >= 15 is 0 Å². The van der Waals surface area contributed by atoms with Crippen molar-refractivity contribution in [1.29, 1.82) is 0 Å². The Hall–Kier alpha value is -3.22. The van der Waals surface area contributed by atoms with Crippen molar-refractivity contribution < 1.29 is 9.90 Å². The molecule has 0 aliphatic carbocycles. The van der Waals surface area contributed by atoms with Crippen molar-refractivity contribution in [2.45, 2.75) is 46.4 Å². The molecule has 6 heteroatoms. The van der Waals surface area contributed by atoms with Crippen LogP contribution in [0.4, 0.5) is 11.4 Å². The zero-order valence-electron chi connectivity index (χ0n) is 19.7. The van der Waals surface area contributed by atoms with E-state index in [1.807, 2.05) is 49.4 Å². The van der Waals surface area contributed by atoms with E-state index in [0.29, 0.717) is 11.1 Å². The molecule has 1 unspecified atom stereocenters. The number of aliphatic hydroxyl groups is 1. The van der Waals surface area contributed by atoms with Gasteiger partial charge in [0.2, 0.25) is 0 Å². The number of nitrogens with zero attached hydrogens (tertiary/aromatic N) is 2. The first-order valence-corrected chi connectivity index (χ1v) is 11.6. The van der Waals surface area contributed by atoms with Gasteiger partial charge in [-0.3, -0.25) is 14.7 Å². The molecule has 2 aromatic carbocycles. The molecule has 0 bridgehead atoms. The van der Waals surface area contributed by atoms with Crippen LogP contribution in [0.15, 0.2) is 66.9 Å². The molecule has 0 radical (unpaired) electrons. The number of nitrogens with one attached hydrogen (secondary N) is 2. The maximum atomic E-state index is 12.8. The minimum absolute atomic E-state index is 0.335. The van der Waals surface area contributed by atoms with E-state index in [0.717, 1.165) is 55.1 Å². The predicted molar refractivity (Wildman–Crippen MR) is 133 cm³/mol. The molecular weight excluding hydrogens is 412 g/mol. The molecule has 0 spiro atoms. The summed E-state index contributed by atoms with van der Waals surface area (Å²) in [5.41, 5.74) is 4.80. The van der Waals surface area contributed by atoms with Crippen molar-refractivity contribution in [2.75, 3.05) is 18.4 Å². The van der Waals surface area contributed by atoms with Crippen molar-refractivity contribution >= 4 is 17.3 Å². The Labute approximate surface area is 196 Å². The van der Waals surface area contributed by atoms with Crippen LogP contribution < -0.4 is 10.6 Å². The van der Waals surface area contributed by atoms with Crippen molar-refractivity contribution in [2.24, 2.45) is 0 Å². The Morgan fingerprint density at radius 2 is 1.79 bits per heavy atom. The lowest BCUT2D eigenvalue weighted by molar-refractivity contribution is 0.0783. The Balaban J connectivity index is 1.66. The van der Waals surface area contributed by atoms with Gasteiger partial charge in [-0.25, -0.2) is 0 Å². The number of carbonyl (C=O) groups is 1. The third-order valence-electron chi connectivity index (χ3n) is 5.43. The van der Waals surface area contributed by atoms with E-state index in [1.54, 1.807) is 18.3 Å². The lowest BCUT2D eigenvalue weighted by Crippen LogP contribution is -2.28. The van der Waals surface area contributed by atoms with E-state index in [-0.39, 0.29) is 5.91 Å². The number of aryl methyl sites for hydroxylation is 1. The maximum Gasteiger partial charge on any atom is 0.253 e. The SMILES string of the molecule is CCCN(CCC)Cc1cccc(C(O)NC(=O)c2cccc(Nc3cccnc3C)c2)c1. The third kappa shape index (κ3) is 7.14. The Kier molecular flexibility index (Phi) is 8.98. The molecule has 33 heavy (non-hydrogen) atoms. The molecule has 1 heterocycles. The summed E-state index contributed by atoms with van der Waals surface area (Å²) in [5.74, 6) is -0.335. The number of carbonyl (C=O) groups excluding carboxylic acids is 1. The summed E-state index contributed by atoms with van der Waals surface area (Å²) in [6.45, 7) is 9.20. The van der Waals surface area contributed by atoms with E-state index in [4.69, 9.17) is 0 Å². The van der Waals surface area contributed by atoms with Crippen LogP contribution in [0.25, 0.3) is 0 Å². The number of hydrogen-bond acceptors (Lipinski definition) is 5. The largest absolute Gasteiger partial charge is 0.369 e. The molecule has 1 amide bonds. The van der Waals surface area contributed by atoms with Crippen molar-refractivity contribution in [1.82, 2.24) is 15.2 Å². The third-order valence-corrected chi connectivity index (χ3v) is 5.43. The quantitative estimate of drug-likeness (QED) is 0.354. The smallest absolute Gasteiger partial charge is 0.253 e. The van der Waals surface area contributed by atoms with Gasteiger partial charge < -0.3 is 15.7 Å². The minimum Gasteiger partial charge on any atom is -0.369 e. The summed E-state index contributed by atoms with van der Waals surface area (Å²) >= 11 is 0. The number of aromatic nitrogens is 1. The minimum atomic E-state index is -1.08. The van der Waals surface area contributed by atoms with Crippen LogP contribution in [0, 0.1) is 6.92 Å². The van der Waals surface area contributed by atoms with E-state index in [1.165, 1.54) is 0 Å². The standard InChI is InChI=1S/C27H34N4O2/c1-4-15-31(16-5-2)19-21-9-6-10-22(17-21)26(32)30-27(33)23-11-7-12-24(18-23)29-25-13-8-14-28-20(25)3/h6-14,17-18,26,29,32H,4-5,15-16,19H2,1-3H3,(H,30,33). The fourth-order valence-electron chi connectivity index (χ4n) is 3.82. The first-order valence-electron chi connectivity index (χ1n) is 11.6. The fourth-order valence-corrected chi connectivity index (χ4v) is 3.82. The normalized spacial score (nSPS) is 11.9. The van der Waals surface area contributed by atoms with Gasteiger partial charge >= 0.3 is 0 Å². The molecule has 3 rings (SSSR count). The van der Waals surface area contributed by atoms with Crippen LogP contribution in [-0.4, -0.2) is 34.0 Å². The number of aliphatic hydroxyl groups excluding tert-OH is 1. The molecule has 3 N–H and O–H groups in total. The Bertz CT molecular complexity index is 1050. The highest BCUT2D eigenvalue weighted by Gasteiger charge is 2.15. The second kappa shape index (κ2) is 12.1. The monoisotopic (exact) mass is 446 g/mol. The molecule has 3 aromatic rings. The summed E-state index contributed by atoms with van der Waals surface area (Å²) in [6.07, 6.45) is 2.87. The first kappa shape index (κ1) is 24.4. The van der Waals surface area contributed by atoms with E-state index in [2.05, 4.69) is 40.4 Å². The zero-order chi connectivity index (χ0) is 23.6. The number of benzene rings is 2. The van der Waals surface area contributed by atoms with Crippen LogP contribution in [0.3, 0.4) is 0 Å². The van der Waals surface area contributed by atoms with Gasteiger partial charge in [0, 0.05) is 29.6 Å². The van der Waals surface area contributed by atoms with Gasteiger partial charge in [-0.15, -0.1) is 0 Å². The molecule has 0 saturated carbocycles. The Morgan fingerprint density at radius 3 is 2.52 bits per heavy atom. The van der Waals surface area contributed by atoms with Crippen LogP contribution in [0.5, 0.6) is 0 Å². The second-order valence-electron chi connectivity index (χ2n) is 8.24. The van der Waals surface area contributed by atoms with Gasteiger partial charge in [-0.1, -0.05) is 44.2 Å². The van der Waals surface area contributed by atoms with Crippen molar-refractivity contribution in [3.63, 3.8) is 0 Å². The van der Waals surface area contributed by atoms with Gasteiger partial charge in [-0.2, -0.15) is 0 Å². The van der Waals surface area contributed by atoms with Crippen LogP contribution in [0.1, 0.15) is 60.1 Å². The summed E-state index contributed by atoms with van der Waals surface area (Å²) in [7, 11) is 0. The molecule has 0 fully saturated rings. The van der Waals surface area contributed by atoms with Crippen molar-refractivity contribution in [3.8, 4) is 0 Å². The predicted octanol–water partition coefficient (Wildman–Crippen LogP) is 5.18. The number of hydrogen-bond donors (Lipinski definition) is 3. The fraction of sp³-hybridized carbons (Fsp3) is 0.333. The van der Waals surface area contributed by atoms with Gasteiger partial charge in [0.25, 0.3) is 5.91 Å². The lowest BCUT2D eigenvalue weighted by Gasteiger charge is -2.22. The highest BCUT2D eigenvalue weighted by atomic mass is 16.3. The molecule has 0 aliphatic heterocycles. The molecule has 1 aromatic heterocycles. The Morgan fingerprint density at radius 1 is 1.03 bits per heavy atom. The van der Waals surface area contributed by atoms with Crippen molar-refractivity contribution in [3.05, 3.63) is 89.2 Å². The topological polar surface area (TPSA) is 77.5 Å². The van der Waals surface area contributed by atoms with Gasteiger partial charge in [0.15, 0.2) is 6.23 Å². The highest BCUT2D eigenvalue weighted by Crippen LogP contribution is 2.20. The number of anilines is 2. The molecule has 1 atom stereocenters. The van der Waals surface area contributed by atoms with Crippen LogP contribution in [0.2, 0.25) is 0 Å². The number of pyridine rings is 1. The molecule has 0 saturated heterocycles. The van der Waals surface area contributed by atoms with Gasteiger partial charge in [0.05, 0.1) is 11.4 Å². The van der Waals surface area contributed by atoms with Crippen LogP contribution in [-0.2, 0) is 6.54 Å². The maximum absolute atomic E-state index is 12.8. The molecule has 0 aliphatic rings. The van der Waals surface area contributed by atoms with E-state index < -0.39 is 6.23 Å². The lowest BCUT2D eigenvalue weighted by atomic mass is 10.1. The molecule has 6 nitrogen and oxygen atoms in total. The number of rotatable bonds is 11. The van der Waals surface area contributed by atoms with Gasteiger partial charge in [0.1, 0.15) is 0 Å². The highest BCUT2D eigenvalue weighted by molar-refractivity contribution is 5.95.